The summed E-state index contributed by atoms with van der Waals surface area (Å²) in [5, 5.41) is 0. The van der Waals surface area contributed by atoms with Crippen molar-refractivity contribution in [1.82, 2.24) is 19.9 Å². The number of aromatic nitrogens is 4. The Hall–Kier alpha value is -2.38. The van der Waals surface area contributed by atoms with E-state index < -0.39 is 0 Å². The van der Waals surface area contributed by atoms with Crippen LogP contribution in [-0.4, -0.2) is 59.3 Å². The third kappa shape index (κ3) is 5.51. The summed E-state index contributed by atoms with van der Waals surface area (Å²) in [6.45, 7) is 13.6. The molecule has 0 aromatic carbocycles. The van der Waals surface area contributed by atoms with E-state index in [0.717, 1.165) is 74.5 Å². The van der Waals surface area contributed by atoms with Crippen LogP contribution in [0.1, 0.15) is 66.2 Å². The van der Waals surface area contributed by atoms with Gasteiger partial charge in [0.15, 0.2) is 11.6 Å². The Morgan fingerprint density at radius 1 is 0.594 bits per heavy atom. The molecule has 0 amide bonds. The highest BCUT2D eigenvalue weighted by Crippen LogP contribution is 2.34. The molecule has 0 N–H and O–H groups in total. The Kier molecular flexibility index (Phi) is 7.48. The topological polar surface area (TPSA) is 76.5 Å². The van der Waals surface area contributed by atoms with Gasteiger partial charge in [0, 0.05) is 26.2 Å². The summed E-state index contributed by atoms with van der Waals surface area (Å²) < 4.78 is 12.0. The van der Waals surface area contributed by atoms with Crippen molar-refractivity contribution in [3.63, 3.8) is 0 Å². The molecule has 0 spiro atoms. The second-order valence-electron chi connectivity index (χ2n) is 9.86. The summed E-state index contributed by atoms with van der Waals surface area (Å²) in [6.07, 6.45) is 7.16. The zero-order valence-electron chi connectivity index (χ0n) is 20.1. The summed E-state index contributed by atoms with van der Waals surface area (Å²) >= 11 is 0. The molecule has 4 rings (SSSR count). The minimum atomic E-state index is 0.400. The third-order valence-corrected chi connectivity index (χ3v) is 5.87. The van der Waals surface area contributed by atoms with E-state index in [-0.39, 0.29) is 0 Å². The standard InChI is InChI=1S/C24H38N6O2/c1-17(2)15-31-23-25-19-20(21(27-23)29-11-7-5-8-12-29)26-24(32-16-18(3)4)28-22(19)30-13-9-6-10-14-30/h17-18H,5-16H2,1-4H3. The molecular weight excluding hydrogens is 404 g/mol. The molecule has 2 saturated heterocycles. The zero-order valence-corrected chi connectivity index (χ0v) is 20.1. The Balaban J connectivity index is 1.83. The number of rotatable bonds is 8. The summed E-state index contributed by atoms with van der Waals surface area (Å²) in [5.41, 5.74) is 1.55. The van der Waals surface area contributed by atoms with Gasteiger partial charge in [-0.1, -0.05) is 27.7 Å². The van der Waals surface area contributed by atoms with E-state index >= 15 is 0 Å². The van der Waals surface area contributed by atoms with Gasteiger partial charge in [0.2, 0.25) is 0 Å². The Labute approximate surface area is 191 Å². The molecule has 0 aliphatic carbocycles. The molecule has 0 radical (unpaired) electrons. The molecule has 0 bridgehead atoms. The van der Waals surface area contributed by atoms with E-state index in [0.29, 0.717) is 37.1 Å². The van der Waals surface area contributed by atoms with E-state index in [1.807, 2.05) is 0 Å². The highest BCUT2D eigenvalue weighted by atomic mass is 16.5. The highest BCUT2D eigenvalue weighted by Gasteiger charge is 2.25. The monoisotopic (exact) mass is 442 g/mol. The molecule has 2 aromatic rings. The summed E-state index contributed by atoms with van der Waals surface area (Å²) in [5.74, 6) is 2.50. The SMILES string of the molecule is CC(C)COc1nc(N2CCCCC2)c2nc(OCC(C)C)nc(N3CCCCC3)c2n1. The molecule has 8 heteroatoms. The molecule has 0 unspecified atom stereocenters. The Morgan fingerprint density at radius 3 is 1.31 bits per heavy atom. The first-order valence-corrected chi connectivity index (χ1v) is 12.4. The summed E-state index contributed by atoms with van der Waals surface area (Å²) in [6, 6.07) is 0.842. The minimum absolute atomic E-state index is 0.400. The van der Waals surface area contributed by atoms with E-state index in [4.69, 9.17) is 29.4 Å². The van der Waals surface area contributed by atoms with Crippen molar-refractivity contribution < 1.29 is 9.47 Å². The Bertz CT molecular complexity index is 818. The van der Waals surface area contributed by atoms with Gasteiger partial charge in [0.25, 0.3) is 0 Å². The average Bonchev–Trinajstić information content (AvgIpc) is 2.81. The van der Waals surface area contributed by atoms with Crippen molar-refractivity contribution in [3.8, 4) is 12.0 Å². The zero-order chi connectivity index (χ0) is 22.5. The van der Waals surface area contributed by atoms with Gasteiger partial charge in [-0.3, -0.25) is 0 Å². The lowest BCUT2D eigenvalue weighted by molar-refractivity contribution is 0.250. The Morgan fingerprint density at radius 2 is 0.969 bits per heavy atom. The van der Waals surface area contributed by atoms with E-state index in [9.17, 15) is 0 Å². The van der Waals surface area contributed by atoms with Crippen molar-refractivity contribution in [2.75, 3.05) is 49.2 Å². The number of ether oxygens (including phenoxy) is 2. The number of hydrogen-bond acceptors (Lipinski definition) is 8. The molecule has 4 heterocycles. The lowest BCUT2D eigenvalue weighted by atomic mass is 10.1. The fourth-order valence-corrected chi connectivity index (χ4v) is 4.21. The van der Waals surface area contributed by atoms with Crippen LogP contribution in [0.15, 0.2) is 0 Å². The first-order chi connectivity index (χ1) is 15.5. The molecule has 2 aliphatic rings. The molecule has 2 aliphatic heterocycles. The maximum Gasteiger partial charge on any atom is 0.319 e. The van der Waals surface area contributed by atoms with Gasteiger partial charge in [-0.2, -0.15) is 19.9 Å². The molecule has 0 saturated carbocycles. The summed E-state index contributed by atoms with van der Waals surface area (Å²) in [7, 11) is 0. The van der Waals surface area contributed by atoms with Crippen molar-refractivity contribution in [2.45, 2.75) is 66.2 Å². The lowest BCUT2D eigenvalue weighted by Crippen LogP contribution is -2.32. The van der Waals surface area contributed by atoms with Crippen LogP contribution < -0.4 is 19.3 Å². The first-order valence-electron chi connectivity index (χ1n) is 12.4. The molecule has 2 fully saturated rings. The predicted molar refractivity (Wildman–Crippen MR) is 128 cm³/mol. The van der Waals surface area contributed by atoms with Gasteiger partial charge < -0.3 is 19.3 Å². The average molecular weight is 443 g/mol. The van der Waals surface area contributed by atoms with Crippen LogP contribution in [0.25, 0.3) is 11.0 Å². The number of fused-ring (bicyclic) bond motifs is 1. The third-order valence-electron chi connectivity index (χ3n) is 5.87. The number of hydrogen-bond donors (Lipinski definition) is 0. The molecule has 176 valence electrons. The predicted octanol–water partition coefficient (Wildman–Crippen LogP) is 4.47. The molecular formula is C24H38N6O2. The van der Waals surface area contributed by atoms with Crippen molar-refractivity contribution in [2.24, 2.45) is 11.8 Å². The number of anilines is 2. The van der Waals surface area contributed by atoms with Crippen LogP contribution in [0, 0.1) is 11.8 Å². The van der Waals surface area contributed by atoms with Crippen LogP contribution in [0.5, 0.6) is 12.0 Å². The number of nitrogens with zero attached hydrogens (tertiary/aromatic N) is 6. The van der Waals surface area contributed by atoms with Crippen LogP contribution in [0.2, 0.25) is 0 Å². The van der Waals surface area contributed by atoms with E-state index in [1.165, 1.54) is 12.8 Å². The van der Waals surface area contributed by atoms with Crippen LogP contribution in [-0.2, 0) is 0 Å². The molecule has 2 aromatic heterocycles. The van der Waals surface area contributed by atoms with Crippen molar-refractivity contribution in [3.05, 3.63) is 0 Å². The van der Waals surface area contributed by atoms with Crippen LogP contribution >= 0.6 is 0 Å². The van der Waals surface area contributed by atoms with Gasteiger partial charge >= 0.3 is 12.0 Å². The quantitative estimate of drug-likeness (QED) is 0.593. The normalized spacial score (nSPS) is 17.4. The largest absolute Gasteiger partial charge is 0.463 e. The van der Waals surface area contributed by atoms with Crippen molar-refractivity contribution in [1.29, 1.82) is 0 Å². The number of piperidine rings is 2. The maximum absolute atomic E-state index is 6.00. The van der Waals surface area contributed by atoms with Crippen LogP contribution in [0.4, 0.5) is 11.6 Å². The van der Waals surface area contributed by atoms with Gasteiger partial charge in [0.05, 0.1) is 13.2 Å². The van der Waals surface area contributed by atoms with Crippen LogP contribution in [0.3, 0.4) is 0 Å². The maximum atomic E-state index is 6.00. The van der Waals surface area contributed by atoms with Gasteiger partial charge in [-0.25, -0.2) is 0 Å². The minimum Gasteiger partial charge on any atom is -0.463 e. The lowest BCUT2D eigenvalue weighted by Gasteiger charge is -2.31. The summed E-state index contributed by atoms with van der Waals surface area (Å²) in [4.78, 5) is 24.0. The molecule has 0 atom stereocenters. The van der Waals surface area contributed by atoms with Gasteiger partial charge in [-0.05, 0) is 50.4 Å². The van der Waals surface area contributed by atoms with Gasteiger partial charge in [0.1, 0.15) is 11.0 Å². The fourth-order valence-electron chi connectivity index (χ4n) is 4.21. The molecule has 32 heavy (non-hydrogen) atoms. The van der Waals surface area contributed by atoms with E-state index in [2.05, 4.69) is 37.5 Å². The first kappa shape index (κ1) is 22.8. The smallest absolute Gasteiger partial charge is 0.319 e. The fraction of sp³-hybridized carbons (Fsp3) is 0.750. The second kappa shape index (κ2) is 10.5. The highest BCUT2D eigenvalue weighted by molar-refractivity contribution is 5.93. The van der Waals surface area contributed by atoms with Gasteiger partial charge in [-0.15, -0.1) is 0 Å². The molecule has 8 nitrogen and oxygen atoms in total. The van der Waals surface area contributed by atoms with E-state index in [1.54, 1.807) is 0 Å². The second-order valence-corrected chi connectivity index (χ2v) is 9.86. The van der Waals surface area contributed by atoms with Crippen molar-refractivity contribution >= 4 is 22.7 Å².